The average molecular weight is 168 g/mol. The molecule has 0 saturated heterocycles. The molecule has 0 N–H and O–H groups in total. The molecule has 0 aliphatic carbocycles. The van der Waals surface area contributed by atoms with Crippen molar-refractivity contribution in [1.82, 2.24) is 0 Å². The molecule has 11 heavy (non-hydrogen) atoms. The van der Waals surface area contributed by atoms with Crippen LogP contribution in [-0.4, -0.2) is 6.61 Å². The summed E-state index contributed by atoms with van der Waals surface area (Å²) in [7, 11) is 0.503. The van der Waals surface area contributed by atoms with E-state index in [0.717, 1.165) is 6.61 Å². The second-order valence-corrected chi connectivity index (χ2v) is 3.38. The van der Waals surface area contributed by atoms with E-state index in [2.05, 4.69) is 25.1 Å². The molecule has 0 heterocycles. The third kappa shape index (κ3) is 2.61. The summed E-state index contributed by atoms with van der Waals surface area (Å²) in [6, 6.07) is 8.33. The highest BCUT2D eigenvalue weighted by Gasteiger charge is 1.94. The van der Waals surface area contributed by atoms with Crippen LogP contribution in [0.5, 0.6) is 0 Å². The van der Waals surface area contributed by atoms with Gasteiger partial charge in [0.2, 0.25) is 0 Å². The molecule has 1 atom stereocenters. The zero-order valence-electron chi connectivity index (χ0n) is 6.92. The van der Waals surface area contributed by atoms with Crippen LogP contribution in [-0.2, 0) is 4.52 Å². The fourth-order valence-corrected chi connectivity index (χ4v) is 1.55. The molecule has 1 aromatic carbocycles. The normalized spacial score (nSPS) is 11.1. The molecule has 1 aromatic rings. The summed E-state index contributed by atoms with van der Waals surface area (Å²) in [6.07, 6.45) is 0. The van der Waals surface area contributed by atoms with Gasteiger partial charge in [0.15, 0.2) is 0 Å². The first-order valence-corrected chi connectivity index (χ1v) is 4.69. The monoisotopic (exact) mass is 168 g/mol. The van der Waals surface area contributed by atoms with Crippen LogP contribution >= 0.6 is 8.81 Å². The molecule has 60 valence electrons. The van der Waals surface area contributed by atoms with Crippen molar-refractivity contribution < 1.29 is 4.52 Å². The predicted octanol–water partition coefficient (Wildman–Crippen LogP) is 2.25. The topological polar surface area (TPSA) is 9.23 Å². The Balaban J connectivity index is 2.62. The summed E-state index contributed by atoms with van der Waals surface area (Å²) < 4.78 is 5.33. The lowest BCUT2D eigenvalue weighted by Crippen LogP contribution is -1.99. The summed E-state index contributed by atoms with van der Waals surface area (Å²) in [6.45, 7) is 4.93. The van der Waals surface area contributed by atoms with Crippen molar-refractivity contribution in [2.24, 2.45) is 0 Å². The first-order valence-electron chi connectivity index (χ1n) is 3.78. The van der Waals surface area contributed by atoms with Gasteiger partial charge in [-0.2, -0.15) is 0 Å². The maximum Gasteiger partial charge on any atom is 0.0481 e. The minimum Gasteiger partial charge on any atom is -0.358 e. The van der Waals surface area contributed by atoms with Gasteiger partial charge in [0.05, 0.1) is 0 Å². The van der Waals surface area contributed by atoms with Gasteiger partial charge < -0.3 is 4.52 Å². The van der Waals surface area contributed by atoms with Gasteiger partial charge in [-0.25, -0.2) is 0 Å². The predicted molar refractivity (Wildman–Crippen MR) is 50.8 cm³/mol. The molecule has 0 spiro atoms. The average Bonchev–Trinajstić information content (AvgIpc) is 2.03. The van der Waals surface area contributed by atoms with E-state index in [1.165, 1.54) is 10.9 Å². The van der Waals surface area contributed by atoms with Gasteiger partial charge in [0.1, 0.15) is 0 Å². The lowest BCUT2D eigenvalue weighted by Gasteiger charge is -2.03. The zero-order valence-corrected chi connectivity index (χ0v) is 7.92. The minimum atomic E-state index is 0.503. The van der Waals surface area contributed by atoms with E-state index in [1.807, 2.05) is 13.0 Å². The van der Waals surface area contributed by atoms with Crippen molar-refractivity contribution in [3.63, 3.8) is 0 Å². The van der Waals surface area contributed by atoms with Crippen LogP contribution < -0.4 is 5.30 Å². The van der Waals surface area contributed by atoms with E-state index >= 15 is 0 Å². The van der Waals surface area contributed by atoms with Crippen LogP contribution in [0.3, 0.4) is 0 Å². The number of hydrogen-bond acceptors (Lipinski definition) is 1. The van der Waals surface area contributed by atoms with E-state index in [1.54, 1.807) is 0 Å². The van der Waals surface area contributed by atoms with Crippen molar-refractivity contribution in [2.75, 3.05) is 6.61 Å². The maximum absolute atomic E-state index is 5.33. The fourth-order valence-electron chi connectivity index (χ4n) is 0.837. The molecule has 2 heteroatoms. The Morgan fingerprint density at radius 2 is 2.09 bits per heavy atom. The first kappa shape index (κ1) is 8.70. The van der Waals surface area contributed by atoms with Gasteiger partial charge in [0, 0.05) is 20.7 Å². The van der Waals surface area contributed by atoms with E-state index in [-0.39, 0.29) is 0 Å². The second-order valence-electron chi connectivity index (χ2n) is 2.35. The molecular weight excluding hydrogens is 155 g/mol. The Hall–Kier alpha value is -0.390. The first-order chi connectivity index (χ1) is 5.34. The molecule has 0 amide bonds. The third-order valence-corrected chi connectivity index (χ3v) is 2.69. The maximum atomic E-state index is 5.33. The smallest absolute Gasteiger partial charge is 0.0481 e. The lowest BCUT2D eigenvalue weighted by atomic mass is 10.2. The molecule has 1 unspecified atom stereocenters. The van der Waals surface area contributed by atoms with Crippen molar-refractivity contribution >= 4 is 14.1 Å². The molecule has 1 rings (SSSR count). The van der Waals surface area contributed by atoms with Gasteiger partial charge in [0.25, 0.3) is 0 Å². The summed E-state index contributed by atoms with van der Waals surface area (Å²) in [5, 5.41) is 1.31. The van der Waals surface area contributed by atoms with Gasteiger partial charge >= 0.3 is 0 Å². The Labute approximate surface area is 69.6 Å². The third-order valence-electron chi connectivity index (χ3n) is 1.47. The molecular formula is C9H13OP. The van der Waals surface area contributed by atoms with Crippen LogP contribution in [0.1, 0.15) is 12.5 Å². The van der Waals surface area contributed by atoms with E-state index in [9.17, 15) is 0 Å². The van der Waals surface area contributed by atoms with Crippen LogP contribution in [0.2, 0.25) is 0 Å². The Bertz CT molecular complexity index is 223. The van der Waals surface area contributed by atoms with Crippen molar-refractivity contribution in [3.8, 4) is 0 Å². The standard InChI is InChI=1S/C9H13OP/c1-3-10-11-9-7-5-4-6-8(9)2/h4-7,11H,3H2,1-2H3. The SMILES string of the molecule is CCOPc1ccccc1C. The molecule has 1 nitrogen and oxygen atoms in total. The zero-order chi connectivity index (χ0) is 8.10. The quantitative estimate of drug-likeness (QED) is 0.629. The van der Waals surface area contributed by atoms with E-state index < -0.39 is 0 Å². The molecule has 0 aromatic heterocycles. The molecule has 0 aliphatic rings. The lowest BCUT2D eigenvalue weighted by molar-refractivity contribution is 0.394. The van der Waals surface area contributed by atoms with Crippen molar-refractivity contribution in [2.45, 2.75) is 13.8 Å². The summed E-state index contributed by atoms with van der Waals surface area (Å²) in [4.78, 5) is 0. The van der Waals surface area contributed by atoms with Crippen LogP contribution in [0, 0.1) is 6.92 Å². The molecule has 0 bridgehead atoms. The highest BCUT2D eigenvalue weighted by Crippen LogP contribution is 2.13. The van der Waals surface area contributed by atoms with Crippen LogP contribution in [0.15, 0.2) is 24.3 Å². The highest BCUT2D eigenvalue weighted by atomic mass is 31.1. The highest BCUT2D eigenvalue weighted by molar-refractivity contribution is 7.42. The summed E-state index contributed by atoms with van der Waals surface area (Å²) in [5.74, 6) is 0. The number of rotatable bonds is 3. The van der Waals surface area contributed by atoms with Crippen LogP contribution in [0.25, 0.3) is 0 Å². The van der Waals surface area contributed by atoms with Crippen molar-refractivity contribution in [3.05, 3.63) is 29.8 Å². The van der Waals surface area contributed by atoms with Gasteiger partial charge in [-0.05, 0) is 19.4 Å². The number of aryl methyl sites for hydroxylation is 1. The van der Waals surface area contributed by atoms with Gasteiger partial charge in [-0.15, -0.1) is 0 Å². The molecule has 0 saturated carbocycles. The van der Waals surface area contributed by atoms with E-state index in [0.29, 0.717) is 8.81 Å². The Kier molecular flexibility index (Phi) is 3.55. The Morgan fingerprint density at radius 3 is 2.73 bits per heavy atom. The fraction of sp³-hybridized carbons (Fsp3) is 0.333. The van der Waals surface area contributed by atoms with Crippen LogP contribution in [0.4, 0.5) is 0 Å². The number of hydrogen-bond donors (Lipinski definition) is 0. The molecule has 0 aliphatic heterocycles. The molecule has 0 radical (unpaired) electrons. The van der Waals surface area contributed by atoms with Gasteiger partial charge in [-0.1, -0.05) is 24.3 Å². The minimum absolute atomic E-state index is 0.503. The van der Waals surface area contributed by atoms with Crippen molar-refractivity contribution in [1.29, 1.82) is 0 Å². The summed E-state index contributed by atoms with van der Waals surface area (Å²) in [5.41, 5.74) is 1.32. The van der Waals surface area contributed by atoms with Gasteiger partial charge in [-0.3, -0.25) is 0 Å². The molecule has 0 fully saturated rings. The Morgan fingerprint density at radius 1 is 1.36 bits per heavy atom. The summed E-state index contributed by atoms with van der Waals surface area (Å²) >= 11 is 0. The largest absolute Gasteiger partial charge is 0.358 e. The number of benzene rings is 1. The van der Waals surface area contributed by atoms with E-state index in [4.69, 9.17) is 4.52 Å². The second kappa shape index (κ2) is 4.48.